The molecule has 18 heavy (non-hydrogen) atoms. The van der Waals surface area contributed by atoms with Gasteiger partial charge in [0.15, 0.2) is 0 Å². The molecule has 5 nitrogen and oxygen atoms in total. The molecule has 102 valence electrons. The zero-order valence-corrected chi connectivity index (χ0v) is 11.5. The summed E-state index contributed by atoms with van der Waals surface area (Å²) in [5, 5.41) is 12.2. The van der Waals surface area contributed by atoms with Gasteiger partial charge in [0.1, 0.15) is 4.90 Å². The van der Waals surface area contributed by atoms with Crippen molar-refractivity contribution in [3.05, 3.63) is 24.3 Å². The fraction of sp³-hybridized carbons (Fsp3) is 0.500. The third-order valence-electron chi connectivity index (χ3n) is 2.56. The van der Waals surface area contributed by atoms with Gasteiger partial charge in [-0.05, 0) is 38.9 Å². The highest BCUT2D eigenvalue weighted by molar-refractivity contribution is 7.89. The van der Waals surface area contributed by atoms with E-state index in [1.54, 1.807) is 31.2 Å². The molecule has 3 N–H and O–H groups in total. The Hall–Kier alpha value is -1.11. The lowest BCUT2D eigenvalue weighted by Gasteiger charge is -2.12. The van der Waals surface area contributed by atoms with Gasteiger partial charge in [0, 0.05) is 6.54 Å². The first-order valence-corrected chi connectivity index (χ1v) is 7.40. The predicted molar refractivity (Wildman–Crippen MR) is 72.1 cm³/mol. The lowest BCUT2D eigenvalue weighted by atomic mass is 10.2. The number of rotatable bonds is 7. The molecule has 0 amide bonds. The summed E-state index contributed by atoms with van der Waals surface area (Å²) in [6.07, 6.45) is 1.14. The topological polar surface area (TPSA) is 78.4 Å². The average Bonchev–Trinajstić information content (AvgIpc) is 2.35. The van der Waals surface area contributed by atoms with Gasteiger partial charge in [-0.2, -0.15) is 0 Å². The van der Waals surface area contributed by atoms with Crippen LogP contribution < -0.4 is 10.0 Å². The van der Waals surface area contributed by atoms with E-state index in [9.17, 15) is 8.42 Å². The molecule has 0 aliphatic rings. The molecule has 0 fully saturated rings. The van der Waals surface area contributed by atoms with E-state index in [1.165, 1.54) is 7.05 Å². The third kappa shape index (κ3) is 4.29. The number of benzene rings is 1. The summed E-state index contributed by atoms with van der Waals surface area (Å²) in [4.78, 5) is 0.240. The molecule has 1 unspecified atom stereocenters. The zero-order chi connectivity index (χ0) is 13.6. The standard InChI is InChI=1S/C12H20N2O3S/c1-10(15)6-5-9-14-11-7-3-4-8-12(11)18(16,17)13-2/h3-4,7-8,10,13-15H,5-6,9H2,1-2H3. The van der Waals surface area contributed by atoms with Crippen LogP contribution in [-0.2, 0) is 10.0 Å². The smallest absolute Gasteiger partial charge is 0.242 e. The summed E-state index contributed by atoms with van der Waals surface area (Å²) in [5.41, 5.74) is 0.581. The number of para-hydroxylation sites is 1. The predicted octanol–water partition coefficient (Wildman–Crippen LogP) is 1.17. The SMILES string of the molecule is CNS(=O)(=O)c1ccccc1NCCCC(C)O. The normalized spacial score (nSPS) is 13.3. The Labute approximate surface area is 108 Å². The number of sulfonamides is 1. The van der Waals surface area contributed by atoms with E-state index in [2.05, 4.69) is 10.0 Å². The van der Waals surface area contributed by atoms with E-state index in [0.717, 1.165) is 6.42 Å². The van der Waals surface area contributed by atoms with E-state index >= 15 is 0 Å². The Kier molecular flexibility index (Phi) is 5.58. The van der Waals surface area contributed by atoms with Crippen molar-refractivity contribution in [3.63, 3.8) is 0 Å². The Bertz CT molecular complexity index is 472. The van der Waals surface area contributed by atoms with Crippen LogP contribution >= 0.6 is 0 Å². The minimum absolute atomic E-state index is 0.240. The quantitative estimate of drug-likeness (QED) is 0.651. The van der Waals surface area contributed by atoms with Crippen LogP contribution in [0.15, 0.2) is 29.2 Å². The summed E-state index contributed by atoms with van der Waals surface area (Å²) in [6, 6.07) is 6.76. The highest BCUT2D eigenvalue weighted by atomic mass is 32.2. The summed E-state index contributed by atoms with van der Waals surface area (Å²) in [7, 11) is -2.06. The van der Waals surface area contributed by atoms with Crippen LogP contribution in [0.4, 0.5) is 5.69 Å². The van der Waals surface area contributed by atoms with Crippen molar-refractivity contribution in [2.75, 3.05) is 18.9 Å². The minimum Gasteiger partial charge on any atom is -0.393 e. The molecule has 0 heterocycles. The summed E-state index contributed by atoms with van der Waals surface area (Å²) in [6.45, 7) is 2.36. The van der Waals surface area contributed by atoms with Crippen molar-refractivity contribution in [1.29, 1.82) is 0 Å². The molecule has 0 bridgehead atoms. The molecule has 1 rings (SSSR count). The van der Waals surface area contributed by atoms with Crippen LogP contribution in [0.5, 0.6) is 0 Å². The van der Waals surface area contributed by atoms with Gasteiger partial charge in [-0.1, -0.05) is 12.1 Å². The maximum Gasteiger partial charge on any atom is 0.242 e. The highest BCUT2D eigenvalue weighted by Crippen LogP contribution is 2.20. The number of hydrogen-bond acceptors (Lipinski definition) is 4. The van der Waals surface area contributed by atoms with Crippen molar-refractivity contribution < 1.29 is 13.5 Å². The molecular formula is C12H20N2O3S. The number of aliphatic hydroxyl groups excluding tert-OH is 1. The van der Waals surface area contributed by atoms with Crippen molar-refractivity contribution in [1.82, 2.24) is 4.72 Å². The lowest BCUT2D eigenvalue weighted by Crippen LogP contribution is -2.20. The van der Waals surface area contributed by atoms with Gasteiger partial charge in [-0.3, -0.25) is 0 Å². The number of hydrogen-bond donors (Lipinski definition) is 3. The van der Waals surface area contributed by atoms with Crippen molar-refractivity contribution in [2.24, 2.45) is 0 Å². The average molecular weight is 272 g/mol. The molecule has 0 radical (unpaired) electrons. The molecule has 1 aromatic rings. The first-order chi connectivity index (χ1) is 8.47. The van der Waals surface area contributed by atoms with Crippen LogP contribution in [0, 0.1) is 0 Å². The van der Waals surface area contributed by atoms with Gasteiger partial charge in [0.25, 0.3) is 0 Å². The third-order valence-corrected chi connectivity index (χ3v) is 4.03. The Morgan fingerprint density at radius 3 is 2.61 bits per heavy atom. The first-order valence-electron chi connectivity index (χ1n) is 5.92. The van der Waals surface area contributed by atoms with E-state index in [4.69, 9.17) is 5.11 Å². The Morgan fingerprint density at radius 2 is 2.00 bits per heavy atom. The number of anilines is 1. The van der Waals surface area contributed by atoms with E-state index in [0.29, 0.717) is 18.7 Å². The Balaban J connectivity index is 2.72. The molecular weight excluding hydrogens is 252 g/mol. The van der Waals surface area contributed by atoms with Crippen LogP contribution in [0.2, 0.25) is 0 Å². The van der Waals surface area contributed by atoms with E-state index < -0.39 is 10.0 Å². The van der Waals surface area contributed by atoms with Crippen LogP contribution in [-0.4, -0.2) is 33.2 Å². The summed E-state index contributed by atoms with van der Waals surface area (Å²) in [5.74, 6) is 0. The molecule has 0 spiro atoms. The molecule has 1 aromatic carbocycles. The van der Waals surface area contributed by atoms with Crippen molar-refractivity contribution in [3.8, 4) is 0 Å². The summed E-state index contributed by atoms with van der Waals surface area (Å²) < 4.78 is 25.8. The van der Waals surface area contributed by atoms with Crippen LogP contribution in [0.1, 0.15) is 19.8 Å². The van der Waals surface area contributed by atoms with Gasteiger partial charge in [-0.25, -0.2) is 13.1 Å². The minimum atomic E-state index is -3.44. The molecule has 6 heteroatoms. The maximum absolute atomic E-state index is 11.8. The molecule has 0 aliphatic carbocycles. The van der Waals surface area contributed by atoms with E-state index in [1.807, 2.05) is 0 Å². The second-order valence-corrected chi connectivity index (χ2v) is 5.98. The largest absolute Gasteiger partial charge is 0.393 e. The monoisotopic (exact) mass is 272 g/mol. The van der Waals surface area contributed by atoms with Gasteiger partial charge in [-0.15, -0.1) is 0 Å². The van der Waals surface area contributed by atoms with Gasteiger partial charge >= 0.3 is 0 Å². The summed E-state index contributed by atoms with van der Waals surface area (Å²) >= 11 is 0. The molecule has 0 aliphatic heterocycles. The first kappa shape index (κ1) is 14.9. The van der Waals surface area contributed by atoms with Crippen LogP contribution in [0.3, 0.4) is 0 Å². The van der Waals surface area contributed by atoms with E-state index in [-0.39, 0.29) is 11.0 Å². The second-order valence-electron chi connectivity index (χ2n) is 4.12. The zero-order valence-electron chi connectivity index (χ0n) is 10.7. The van der Waals surface area contributed by atoms with Crippen LogP contribution in [0.25, 0.3) is 0 Å². The van der Waals surface area contributed by atoms with Gasteiger partial charge in [0.2, 0.25) is 10.0 Å². The van der Waals surface area contributed by atoms with Crippen molar-refractivity contribution in [2.45, 2.75) is 30.8 Å². The number of aliphatic hydroxyl groups is 1. The Morgan fingerprint density at radius 1 is 1.33 bits per heavy atom. The molecule has 0 saturated carbocycles. The second kappa shape index (κ2) is 6.72. The fourth-order valence-corrected chi connectivity index (χ4v) is 2.48. The van der Waals surface area contributed by atoms with Gasteiger partial charge in [0.05, 0.1) is 11.8 Å². The number of nitrogens with one attached hydrogen (secondary N) is 2. The lowest BCUT2D eigenvalue weighted by molar-refractivity contribution is 0.183. The fourth-order valence-electron chi connectivity index (χ4n) is 1.58. The molecule has 0 aromatic heterocycles. The molecule has 0 saturated heterocycles. The maximum atomic E-state index is 11.8. The van der Waals surface area contributed by atoms with Crippen molar-refractivity contribution >= 4 is 15.7 Å². The highest BCUT2D eigenvalue weighted by Gasteiger charge is 2.15. The van der Waals surface area contributed by atoms with Gasteiger partial charge < -0.3 is 10.4 Å². The molecule has 1 atom stereocenters.